The van der Waals surface area contributed by atoms with Gasteiger partial charge in [0.2, 0.25) is 0 Å². The van der Waals surface area contributed by atoms with Crippen molar-refractivity contribution in [2.24, 2.45) is 0 Å². The van der Waals surface area contributed by atoms with Gasteiger partial charge in [-0.1, -0.05) is 37.3 Å². The number of aliphatic carboxylic acids is 1. The molecule has 88 valence electrons. The van der Waals surface area contributed by atoms with Gasteiger partial charge in [-0.2, -0.15) is 12.6 Å². The van der Waals surface area contributed by atoms with Crippen LogP contribution in [0.25, 0.3) is 0 Å². The molecule has 2 atom stereocenters. The molecule has 3 nitrogen and oxygen atoms in total. The summed E-state index contributed by atoms with van der Waals surface area (Å²) in [5.41, 5.74) is 1.01. The molecule has 0 aliphatic rings. The van der Waals surface area contributed by atoms with Crippen LogP contribution in [0.1, 0.15) is 18.9 Å². The third-order valence-corrected chi connectivity index (χ3v) is 2.88. The van der Waals surface area contributed by atoms with Gasteiger partial charge in [0, 0.05) is 0 Å². The zero-order valence-corrected chi connectivity index (χ0v) is 10.2. The third-order valence-electron chi connectivity index (χ3n) is 2.36. The normalized spacial score (nSPS) is 14.4. The van der Waals surface area contributed by atoms with Gasteiger partial charge in [-0.3, -0.25) is 10.1 Å². The Labute approximate surface area is 101 Å². The van der Waals surface area contributed by atoms with Crippen molar-refractivity contribution in [1.82, 2.24) is 5.32 Å². The van der Waals surface area contributed by atoms with Crippen molar-refractivity contribution in [1.29, 1.82) is 0 Å². The summed E-state index contributed by atoms with van der Waals surface area (Å²) in [5, 5.41) is 12.0. The lowest BCUT2D eigenvalue weighted by Gasteiger charge is -2.18. The standard InChI is InChI=1S/C12H17NO2S/c1-2-11(16)13-10(12(14)15)8-9-6-4-3-5-7-9/h3-7,10-11,13,16H,2,8H2,1H3,(H,14,15). The predicted molar refractivity (Wildman–Crippen MR) is 67.8 cm³/mol. The molecular formula is C12H17NO2S. The molecule has 0 aliphatic heterocycles. The van der Waals surface area contributed by atoms with Crippen molar-refractivity contribution in [2.75, 3.05) is 0 Å². The maximum absolute atomic E-state index is 11.1. The van der Waals surface area contributed by atoms with Gasteiger partial charge in [0.1, 0.15) is 6.04 Å². The molecule has 4 heteroatoms. The lowest BCUT2D eigenvalue weighted by Crippen LogP contribution is -2.42. The van der Waals surface area contributed by atoms with Gasteiger partial charge in [-0.05, 0) is 18.4 Å². The van der Waals surface area contributed by atoms with E-state index >= 15 is 0 Å². The van der Waals surface area contributed by atoms with Crippen LogP contribution in [-0.2, 0) is 11.2 Å². The Balaban J connectivity index is 2.62. The average molecular weight is 239 g/mol. The van der Waals surface area contributed by atoms with Gasteiger partial charge in [-0.15, -0.1) is 0 Å². The maximum atomic E-state index is 11.1. The van der Waals surface area contributed by atoms with Gasteiger partial charge in [0.05, 0.1) is 5.37 Å². The van der Waals surface area contributed by atoms with Gasteiger partial charge < -0.3 is 5.11 Å². The first-order valence-electron chi connectivity index (χ1n) is 5.34. The zero-order valence-electron chi connectivity index (χ0n) is 9.26. The molecular weight excluding hydrogens is 222 g/mol. The number of hydrogen-bond acceptors (Lipinski definition) is 3. The Morgan fingerprint density at radius 3 is 2.56 bits per heavy atom. The molecule has 2 N–H and O–H groups in total. The highest BCUT2D eigenvalue weighted by Crippen LogP contribution is 2.06. The van der Waals surface area contributed by atoms with Crippen molar-refractivity contribution in [2.45, 2.75) is 31.2 Å². The number of carbonyl (C=O) groups is 1. The molecule has 0 spiro atoms. The van der Waals surface area contributed by atoms with Crippen molar-refractivity contribution >= 4 is 18.6 Å². The zero-order chi connectivity index (χ0) is 12.0. The Kier molecular flexibility index (Phi) is 5.35. The molecule has 1 aromatic carbocycles. The number of nitrogens with one attached hydrogen (secondary N) is 1. The molecule has 0 amide bonds. The van der Waals surface area contributed by atoms with E-state index in [1.165, 1.54) is 0 Å². The molecule has 0 fully saturated rings. The largest absolute Gasteiger partial charge is 0.480 e. The maximum Gasteiger partial charge on any atom is 0.321 e. The van der Waals surface area contributed by atoms with E-state index in [0.29, 0.717) is 6.42 Å². The lowest BCUT2D eigenvalue weighted by molar-refractivity contribution is -0.139. The first-order chi connectivity index (χ1) is 7.63. The number of rotatable bonds is 6. The third kappa shape index (κ3) is 4.24. The molecule has 0 saturated heterocycles. The average Bonchev–Trinajstić information content (AvgIpc) is 2.29. The lowest BCUT2D eigenvalue weighted by atomic mass is 10.1. The fourth-order valence-corrected chi connectivity index (χ4v) is 1.60. The minimum atomic E-state index is -0.837. The smallest absolute Gasteiger partial charge is 0.321 e. The van der Waals surface area contributed by atoms with Crippen molar-refractivity contribution in [3.63, 3.8) is 0 Å². The van der Waals surface area contributed by atoms with Gasteiger partial charge in [0.25, 0.3) is 0 Å². The fraction of sp³-hybridized carbons (Fsp3) is 0.417. The van der Waals surface area contributed by atoms with Gasteiger partial charge in [-0.25, -0.2) is 0 Å². The number of carboxylic acid groups (broad SMARTS) is 1. The highest BCUT2D eigenvalue weighted by atomic mass is 32.1. The fourth-order valence-electron chi connectivity index (χ4n) is 1.42. The second kappa shape index (κ2) is 6.55. The van der Waals surface area contributed by atoms with E-state index in [2.05, 4.69) is 17.9 Å². The number of thiol groups is 1. The Morgan fingerprint density at radius 2 is 2.06 bits per heavy atom. The molecule has 0 saturated carbocycles. The molecule has 2 unspecified atom stereocenters. The predicted octanol–water partition coefficient (Wildman–Crippen LogP) is 1.94. The van der Waals surface area contributed by atoms with E-state index in [1.807, 2.05) is 37.3 Å². The summed E-state index contributed by atoms with van der Waals surface area (Å²) in [6.07, 6.45) is 1.27. The SMILES string of the molecule is CCC(S)NC(Cc1ccccc1)C(=O)O. The number of hydrogen-bond donors (Lipinski definition) is 3. The van der Waals surface area contributed by atoms with Crippen LogP contribution in [0.3, 0.4) is 0 Å². The summed E-state index contributed by atoms with van der Waals surface area (Å²) in [6, 6.07) is 9.01. The number of carboxylic acids is 1. The van der Waals surface area contributed by atoms with E-state index in [-0.39, 0.29) is 5.37 Å². The highest BCUT2D eigenvalue weighted by Gasteiger charge is 2.19. The minimum absolute atomic E-state index is 0.0789. The van der Waals surface area contributed by atoms with Crippen molar-refractivity contribution in [3.8, 4) is 0 Å². The Hall–Kier alpha value is -1.00. The summed E-state index contributed by atoms with van der Waals surface area (Å²) in [5.74, 6) is -0.837. The Bertz CT molecular complexity index is 329. The molecule has 0 aliphatic carbocycles. The Morgan fingerprint density at radius 1 is 1.44 bits per heavy atom. The van der Waals surface area contributed by atoms with Crippen LogP contribution in [0, 0.1) is 0 Å². The van der Waals surface area contributed by atoms with Crippen LogP contribution in [0.5, 0.6) is 0 Å². The van der Waals surface area contributed by atoms with E-state index in [1.54, 1.807) is 0 Å². The van der Waals surface area contributed by atoms with Crippen molar-refractivity contribution in [3.05, 3.63) is 35.9 Å². The summed E-state index contributed by atoms with van der Waals surface area (Å²) in [7, 11) is 0. The van der Waals surface area contributed by atoms with Crippen LogP contribution >= 0.6 is 12.6 Å². The molecule has 0 bridgehead atoms. The monoisotopic (exact) mass is 239 g/mol. The van der Waals surface area contributed by atoms with E-state index < -0.39 is 12.0 Å². The molecule has 16 heavy (non-hydrogen) atoms. The topological polar surface area (TPSA) is 49.3 Å². The van der Waals surface area contributed by atoms with E-state index in [0.717, 1.165) is 12.0 Å². The van der Waals surface area contributed by atoms with E-state index in [9.17, 15) is 4.79 Å². The number of benzene rings is 1. The van der Waals surface area contributed by atoms with Crippen LogP contribution in [0.2, 0.25) is 0 Å². The summed E-state index contributed by atoms with van der Waals surface area (Å²) >= 11 is 4.26. The van der Waals surface area contributed by atoms with Crippen LogP contribution < -0.4 is 5.32 Å². The molecule has 0 heterocycles. The quantitative estimate of drug-likeness (QED) is 0.525. The first-order valence-corrected chi connectivity index (χ1v) is 5.86. The second-order valence-electron chi connectivity index (χ2n) is 3.67. The summed E-state index contributed by atoms with van der Waals surface area (Å²) < 4.78 is 0. The van der Waals surface area contributed by atoms with Crippen LogP contribution in [-0.4, -0.2) is 22.5 Å². The van der Waals surface area contributed by atoms with Crippen LogP contribution in [0.4, 0.5) is 0 Å². The van der Waals surface area contributed by atoms with Gasteiger partial charge >= 0.3 is 5.97 Å². The summed E-state index contributed by atoms with van der Waals surface area (Å²) in [6.45, 7) is 1.96. The van der Waals surface area contributed by atoms with Gasteiger partial charge in [0.15, 0.2) is 0 Å². The van der Waals surface area contributed by atoms with Crippen molar-refractivity contribution < 1.29 is 9.90 Å². The highest BCUT2D eigenvalue weighted by molar-refractivity contribution is 7.80. The van der Waals surface area contributed by atoms with E-state index in [4.69, 9.17) is 5.11 Å². The molecule has 0 radical (unpaired) electrons. The minimum Gasteiger partial charge on any atom is -0.480 e. The first kappa shape index (κ1) is 13.1. The second-order valence-corrected chi connectivity index (χ2v) is 4.29. The van der Waals surface area contributed by atoms with Crippen LogP contribution in [0.15, 0.2) is 30.3 Å². The summed E-state index contributed by atoms with van der Waals surface area (Å²) in [4.78, 5) is 11.1. The molecule has 1 rings (SSSR count). The molecule has 0 aromatic heterocycles. The molecule has 1 aromatic rings.